The molecule has 1 rings (SSSR count). The summed E-state index contributed by atoms with van der Waals surface area (Å²) in [5, 5.41) is 8.94. The van der Waals surface area contributed by atoms with Crippen LogP contribution in [-0.2, 0) is 4.79 Å². The summed E-state index contributed by atoms with van der Waals surface area (Å²) >= 11 is 0. The number of carboxylic acids is 1. The van der Waals surface area contributed by atoms with Crippen LogP contribution in [0.25, 0.3) is 0 Å². The van der Waals surface area contributed by atoms with Gasteiger partial charge < -0.3 is 10.0 Å². The maximum Gasteiger partial charge on any atom is 0.307 e. The zero-order valence-electron chi connectivity index (χ0n) is 9.74. The van der Waals surface area contributed by atoms with Gasteiger partial charge in [0.15, 0.2) is 0 Å². The summed E-state index contributed by atoms with van der Waals surface area (Å²) in [6.45, 7) is 5.16. The number of piperidine rings is 1. The van der Waals surface area contributed by atoms with Crippen molar-refractivity contribution in [2.45, 2.75) is 45.4 Å². The Labute approximate surface area is 92.5 Å². The monoisotopic (exact) mass is 213 g/mol. The Hall–Kier alpha value is -0.570. The van der Waals surface area contributed by atoms with Crippen molar-refractivity contribution < 1.29 is 9.90 Å². The summed E-state index contributed by atoms with van der Waals surface area (Å²) in [6.07, 6.45) is 6.98. The van der Waals surface area contributed by atoms with Crippen molar-refractivity contribution in [3.05, 3.63) is 0 Å². The van der Waals surface area contributed by atoms with E-state index in [1.54, 1.807) is 0 Å². The Morgan fingerprint density at radius 1 is 1.40 bits per heavy atom. The van der Waals surface area contributed by atoms with Crippen LogP contribution in [0.4, 0.5) is 0 Å². The van der Waals surface area contributed by atoms with Crippen molar-refractivity contribution in [2.24, 2.45) is 5.92 Å². The smallest absolute Gasteiger partial charge is 0.307 e. The molecule has 0 saturated carbocycles. The van der Waals surface area contributed by atoms with E-state index < -0.39 is 5.97 Å². The second-order valence-corrected chi connectivity index (χ2v) is 4.54. The maximum atomic E-state index is 10.8. The molecule has 1 aliphatic rings. The van der Waals surface area contributed by atoms with Gasteiger partial charge in [-0.15, -0.1) is 0 Å². The highest BCUT2D eigenvalue weighted by molar-refractivity contribution is 5.70. The molecule has 3 nitrogen and oxygen atoms in total. The molecule has 3 heteroatoms. The molecule has 1 heterocycles. The average molecular weight is 213 g/mol. The van der Waals surface area contributed by atoms with Crippen molar-refractivity contribution in [3.8, 4) is 0 Å². The molecule has 88 valence electrons. The van der Waals surface area contributed by atoms with Gasteiger partial charge >= 0.3 is 5.97 Å². The topological polar surface area (TPSA) is 40.5 Å². The Morgan fingerprint density at radius 2 is 2.20 bits per heavy atom. The SMILES string of the molecule is CCCCCCN1CCCC(C(=O)O)C1. The Morgan fingerprint density at radius 3 is 2.87 bits per heavy atom. The Kier molecular flexibility index (Phi) is 5.69. The molecule has 15 heavy (non-hydrogen) atoms. The van der Waals surface area contributed by atoms with Gasteiger partial charge in [-0.1, -0.05) is 26.2 Å². The number of rotatable bonds is 6. The lowest BCUT2D eigenvalue weighted by Crippen LogP contribution is -2.39. The fourth-order valence-electron chi connectivity index (χ4n) is 2.22. The van der Waals surface area contributed by atoms with Gasteiger partial charge in [0.25, 0.3) is 0 Å². The highest BCUT2D eigenvalue weighted by Gasteiger charge is 2.24. The van der Waals surface area contributed by atoms with Crippen LogP contribution in [0.15, 0.2) is 0 Å². The summed E-state index contributed by atoms with van der Waals surface area (Å²) in [7, 11) is 0. The first-order valence-corrected chi connectivity index (χ1v) is 6.19. The lowest BCUT2D eigenvalue weighted by atomic mass is 9.98. The lowest BCUT2D eigenvalue weighted by molar-refractivity contribution is -0.143. The third kappa shape index (κ3) is 4.65. The molecule has 0 amide bonds. The van der Waals surface area contributed by atoms with Crippen LogP contribution in [-0.4, -0.2) is 35.6 Å². The molecule has 0 aromatic rings. The van der Waals surface area contributed by atoms with Gasteiger partial charge in [-0.25, -0.2) is 0 Å². The van der Waals surface area contributed by atoms with Crippen molar-refractivity contribution in [3.63, 3.8) is 0 Å². The fourth-order valence-corrected chi connectivity index (χ4v) is 2.22. The molecule has 1 fully saturated rings. The summed E-state index contributed by atoms with van der Waals surface area (Å²) in [4.78, 5) is 13.2. The molecule has 1 saturated heterocycles. The van der Waals surface area contributed by atoms with Gasteiger partial charge in [-0.3, -0.25) is 4.79 Å². The highest BCUT2D eigenvalue weighted by atomic mass is 16.4. The molecule has 1 unspecified atom stereocenters. The zero-order valence-corrected chi connectivity index (χ0v) is 9.74. The summed E-state index contributed by atoms with van der Waals surface area (Å²) in [6, 6.07) is 0. The van der Waals surface area contributed by atoms with Gasteiger partial charge in [0.05, 0.1) is 5.92 Å². The number of nitrogens with zero attached hydrogens (tertiary/aromatic N) is 1. The zero-order chi connectivity index (χ0) is 11.1. The minimum atomic E-state index is -0.617. The molecular weight excluding hydrogens is 190 g/mol. The number of likely N-dealkylation sites (tertiary alicyclic amines) is 1. The van der Waals surface area contributed by atoms with Gasteiger partial charge in [-0.2, -0.15) is 0 Å². The predicted octanol–water partition coefficient (Wildman–Crippen LogP) is 2.36. The number of hydrogen-bond donors (Lipinski definition) is 1. The van der Waals surface area contributed by atoms with Gasteiger partial charge in [0, 0.05) is 6.54 Å². The van der Waals surface area contributed by atoms with E-state index in [0.717, 1.165) is 32.5 Å². The minimum absolute atomic E-state index is 0.120. The average Bonchev–Trinajstić information content (AvgIpc) is 2.25. The first kappa shape index (κ1) is 12.5. The largest absolute Gasteiger partial charge is 0.481 e. The quantitative estimate of drug-likeness (QED) is 0.689. The van der Waals surface area contributed by atoms with Crippen LogP contribution in [0, 0.1) is 5.92 Å². The summed E-state index contributed by atoms with van der Waals surface area (Å²) in [5.74, 6) is -0.738. The maximum absolute atomic E-state index is 10.8. The van der Waals surface area contributed by atoms with Crippen LogP contribution in [0.5, 0.6) is 0 Å². The molecule has 0 spiro atoms. The highest BCUT2D eigenvalue weighted by Crippen LogP contribution is 2.17. The van der Waals surface area contributed by atoms with Crippen LogP contribution >= 0.6 is 0 Å². The van der Waals surface area contributed by atoms with Gasteiger partial charge in [-0.05, 0) is 32.4 Å². The van der Waals surface area contributed by atoms with E-state index >= 15 is 0 Å². The second-order valence-electron chi connectivity index (χ2n) is 4.54. The van der Waals surface area contributed by atoms with E-state index in [2.05, 4.69) is 11.8 Å². The third-order valence-corrected chi connectivity index (χ3v) is 3.18. The van der Waals surface area contributed by atoms with Crippen molar-refractivity contribution in [1.82, 2.24) is 4.90 Å². The first-order chi connectivity index (χ1) is 7.24. The van der Waals surface area contributed by atoms with E-state index in [1.165, 1.54) is 25.7 Å². The van der Waals surface area contributed by atoms with E-state index in [9.17, 15) is 4.79 Å². The van der Waals surface area contributed by atoms with Crippen molar-refractivity contribution in [2.75, 3.05) is 19.6 Å². The lowest BCUT2D eigenvalue weighted by Gasteiger charge is -2.30. The molecule has 0 bridgehead atoms. The number of unbranched alkanes of at least 4 members (excludes halogenated alkanes) is 3. The van der Waals surface area contributed by atoms with Crippen molar-refractivity contribution >= 4 is 5.97 Å². The van der Waals surface area contributed by atoms with Gasteiger partial charge in [0.1, 0.15) is 0 Å². The van der Waals surface area contributed by atoms with E-state index in [4.69, 9.17) is 5.11 Å². The normalized spacial score (nSPS) is 22.9. The van der Waals surface area contributed by atoms with Crippen LogP contribution in [0.1, 0.15) is 45.4 Å². The first-order valence-electron chi connectivity index (χ1n) is 6.19. The summed E-state index contributed by atoms with van der Waals surface area (Å²) < 4.78 is 0. The molecule has 0 aromatic carbocycles. The molecule has 0 radical (unpaired) electrons. The van der Waals surface area contributed by atoms with Crippen LogP contribution in [0.3, 0.4) is 0 Å². The number of carboxylic acid groups (broad SMARTS) is 1. The minimum Gasteiger partial charge on any atom is -0.481 e. The molecule has 1 N–H and O–H groups in total. The van der Waals surface area contributed by atoms with Crippen molar-refractivity contribution in [1.29, 1.82) is 0 Å². The summed E-state index contributed by atoms with van der Waals surface area (Å²) in [5.41, 5.74) is 0. The molecule has 1 atom stereocenters. The molecular formula is C12H23NO2. The molecule has 0 aliphatic carbocycles. The van der Waals surface area contributed by atoms with E-state index in [-0.39, 0.29) is 5.92 Å². The number of carbonyl (C=O) groups is 1. The predicted molar refractivity (Wildman–Crippen MR) is 60.9 cm³/mol. The fraction of sp³-hybridized carbons (Fsp3) is 0.917. The standard InChI is InChI=1S/C12H23NO2/c1-2-3-4-5-8-13-9-6-7-11(10-13)12(14)15/h11H,2-10H2,1H3,(H,14,15). The Bertz CT molecular complexity index is 194. The third-order valence-electron chi connectivity index (χ3n) is 3.18. The van der Waals surface area contributed by atoms with Crippen LogP contribution in [0.2, 0.25) is 0 Å². The van der Waals surface area contributed by atoms with Crippen LogP contribution < -0.4 is 0 Å². The second kappa shape index (κ2) is 6.83. The van der Waals surface area contributed by atoms with E-state index in [0.29, 0.717) is 0 Å². The number of hydrogen-bond acceptors (Lipinski definition) is 2. The number of aliphatic carboxylic acids is 1. The van der Waals surface area contributed by atoms with E-state index in [1.807, 2.05) is 0 Å². The Balaban J connectivity index is 2.15. The molecule has 1 aliphatic heterocycles. The molecule has 0 aromatic heterocycles. The van der Waals surface area contributed by atoms with Gasteiger partial charge in [0.2, 0.25) is 0 Å².